The van der Waals surface area contributed by atoms with Crippen molar-refractivity contribution >= 4 is 22.6 Å². The third kappa shape index (κ3) is 5.36. The van der Waals surface area contributed by atoms with E-state index in [0.717, 1.165) is 73.4 Å². The molecule has 0 bridgehead atoms. The van der Waals surface area contributed by atoms with Crippen molar-refractivity contribution in [1.29, 1.82) is 0 Å². The Balaban J connectivity index is 1.35. The molecular weight excluding hydrogens is 483 g/mol. The number of imidazole rings is 1. The highest BCUT2D eigenvalue weighted by molar-refractivity contribution is 5.96. The van der Waals surface area contributed by atoms with Crippen LogP contribution in [0.4, 0.5) is 10.1 Å². The van der Waals surface area contributed by atoms with E-state index in [4.69, 9.17) is 14.5 Å². The fraction of sp³-hybridized carbons (Fsp3) is 0.333. The monoisotopic (exact) mass is 514 g/mol. The first-order valence-corrected chi connectivity index (χ1v) is 13.2. The Bertz CT molecular complexity index is 1470. The molecule has 0 atom stereocenters. The van der Waals surface area contributed by atoms with E-state index in [1.165, 1.54) is 12.1 Å². The van der Waals surface area contributed by atoms with E-state index in [0.29, 0.717) is 29.0 Å². The number of anilines is 1. The van der Waals surface area contributed by atoms with Gasteiger partial charge in [-0.15, -0.1) is 0 Å². The first kappa shape index (κ1) is 24.4. The number of rotatable bonds is 8. The van der Waals surface area contributed by atoms with Crippen molar-refractivity contribution < 1.29 is 18.7 Å². The number of benzene rings is 3. The summed E-state index contributed by atoms with van der Waals surface area (Å²) < 4.78 is 27.4. The first-order valence-electron chi connectivity index (χ1n) is 13.2. The number of ether oxygens (including phenoxy) is 2. The summed E-state index contributed by atoms with van der Waals surface area (Å²) in [6.07, 6.45) is 5.92. The molecule has 2 heterocycles. The van der Waals surface area contributed by atoms with Gasteiger partial charge in [-0.05, 0) is 74.4 Å². The molecule has 196 valence electrons. The van der Waals surface area contributed by atoms with Gasteiger partial charge in [0.25, 0.3) is 5.91 Å². The SMILES string of the molecule is Cc1cc(-n2cnc3c(NCC4CCOCC4)cc(Oc4cccc(F)c4)cc32)ccc1C(=O)NC1CC1. The molecule has 2 fully saturated rings. The van der Waals surface area contributed by atoms with Crippen LogP contribution in [0.15, 0.2) is 60.9 Å². The summed E-state index contributed by atoms with van der Waals surface area (Å²) in [7, 11) is 0. The predicted molar refractivity (Wildman–Crippen MR) is 145 cm³/mol. The molecule has 3 aromatic carbocycles. The van der Waals surface area contributed by atoms with Crippen LogP contribution < -0.4 is 15.4 Å². The van der Waals surface area contributed by atoms with Crippen molar-refractivity contribution in [1.82, 2.24) is 14.9 Å². The number of fused-ring (bicyclic) bond motifs is 1. The maximum Gasteiger partial charge on any atom is 0.251 e. The van der Waals surface area contributed by atoms with Crippen LogP contribution in [0.25, 0.3) is 16.7 Å². The number of carbonyl (C=O) groups is 1. The van der Waals surface area contributed by atoms with E-state index in [1.807, 2.05) is 41.8 Å². The smallest absolute Gasteiger partial charge is 0.251 e. The Hall–Kier alpha value is -3.91. The van der Waals surface area contributed by atoms with Gasteiger partial charge in [0.05, 0.1) is 11.2 Å². The fourth-order valence-corrected chi connectivity index (χ4v) is 4.90. The normalized spacial score (nSPS) is 15.9. The number of hydrogen-bond donors (Lipinski definition) is 2. The Morgan fingerprint density at radius 3 is 2.68 bits per heavy atom. The van der Waals surface area contributed by atoms with Gasteiger partial charge >= 0.3 is 0 Å². The number of aryl methyl sites for hydroxylation is 1. The molecule has 1 saturated carbocycles. The molecule has 1 amide bonds. The molecule has 1 aliphatic heterocycles. The van der Waals surface area contributed by atoms with Crippen LogP contribution in [0.1, 0.15) is 41.6 Å². The zero-order valence-corrected chi connectivity index (χ0v) is 21.4. The minimum atomic E-state index is -0.354. The second-order valence-corrected chi connectivity index (χ2v) is 10.2. The summed E-state index contributed by atoms with van der Waals surface area (Å²) in [6.45, 7) is 4.32. The van der Waals surface area contributed by atoms with Crippen LogP contribution in [-0.2, 0) is 4.74 Å². The van der Waals surface area contributed by atoms with E-state index < -0.39 is 0 Å². The molecule has 6 rings (SSSR count). The van der Waals surface area contributed by atoms with Gasteiger partial charge in [0, 0.05) is 55.3 Å². The molecule has 0 radical (unpaired) electrons. The van der Waals surface area contributed by atoms with E-state index in [-0.39, 0.29) is 11.7 Å². The second-order valence-electron chi connectivity index (χ2n) is 10.2. The van der Waals surface area contributed by atoms with Crippen LogP contribution in [0.3, 0.4) is 0 Å². The highest BCUT2D eigenvalue weighted by Gasteiger charge is 2.24. The number of carbonyl (C=O) groups excluding carboxylic acids is 1. The number of halogens is 1. The molecule has 1 aromatic heterocycles. The van der Waals surface area contributed by atoms with Crippen molar-refractivity contribution in [2.24, 2.45) is 5.92 Å². The molecule has 8 heteroatoms. The van der Waals surface area contributed by atoms with Gasteiger partial charge in [-0.2, -0.15) is 0 Å². The molecule has 0 spiro atoms. The third-order valence-corrected chi connectivity index (χ3v) is 7.22. The van der Waals surface area contributed by atoms with Crippen LogP contribution in [0.5, 0.6) is 11.5 Å². The molecule has 4 aromatic rings. The summed E-state index contributed by atoms with van der Waals surface area (Å²) in [6, 6.07) is 16.1. The third-order valence-electron chi connectivity index (χ3n) is 7.22. The van der Waals surface area contributed by atoms with Gasteiger partial charge in [0.15, 0.2) is 0 Å². The van der Waals surface area contributed by atoms with Crippen molar-refractivity contribution in [3.8, 4) is 17.2 Å². The Morgan fingerprint density at radius 2 is 1.92 bits per heavy atom. The van der Waals surface area contributed by atoms with Gasteiger partial charge in [0.2, 0.25) is 0 Å². The van der Waals surface area contributed by atoms with E-state index >= 15 is 0 Å². The van der Waals surface area contributed by atoms with Crippen molar-refractivity contribution in [3.05, 3.63) is 77.9 Å². The Labute approximate surface area is 221 Å². The minimum Gasteiger partial charge on any atom is -0.457 e. The number of amides is 1. The van der Waals surface area contributed by atoms with Crippen molar-refractivity contribution in [3.63, 3.8) is 0 Å². The van der Waals surface area contributed by atoms with E-state index in [1.54, 1.807) is 18.5 Å². The summed E-state index contributed by atoms with van der Waals surface area (Å²) in [5.41, 5.74) is 4.99. The predicted octanol–water partition coefficient (Wildman–Crippen LogP) is 6.00. The molecule has 2 N–H and O–H groups in total. The van der Waals surface area contributed by atoms with Gasteiger partial charge in [-0.25, -0.2) is 9.37 Å². The van der Waals surface area contributed by atoms with Gasteiger partial charge in [-0.1, -0.05) is 6.07 Å². The molecule has 1 saturated heterocycles. The molecule has 0 unspecified atom stereocenters. The lowest BCUT2D eigenvalue weighted by atomic mass is 10.0. The number of nitrogens with one attached hydrogen (secondary N) is 2. The summed E-state index contributed by atoms with van der Waals surface area (Å²) in [5.74, 6) is 1.14. The second kappa shape index (κ2) is 10.5. The lowest BCUT2D eigenvalue weighted by Crippen LogP contribution is -2.26. The molecule has 38 heavy (non-hydrogen) atoms. The Morgan fingerprint density at radius 1 is 1.08 bits per heavy atom. The van der Waals surface area contributed by atoms with E-state index in [9.17, 15) is 9.18 Å². The standard InChI is InChI=1S/C30H31FN4O3/c1-19-13-23(7-8-26(19)30(36)34-22-5-6-22)35-18-33-29-27(32-17-20-9-11-37-12-10-20)15-25(16-28(29)35)38-24-4-2-3-21(31)14-24/h2-4,7-8,13-16,18,20,22,32H,5-6,9-12,17H2,1H3,(H,34,36). The van der Waals surface area contributed by atoms with Crippen molar-refractivity contribution in [2.75, 3.05) is 25.1 Å². The molecule has 1 aliphatic carbocycles. The van der Waals surface area contributed by atoms with Crippen LogP contribution >= 0.6 is 0 Å². The largest absolute Gasteiger partial charge is 0.457 e. The minimum absolute atomic E-state index is 0.0302. The van der Waals surface area contributed by atoms with Crippen molar-refractivity contribution in [2.45, 2.75) is 38.6 Å². The number of aromatic nitrogens is 2. The molecule has 2 aliphatic rings. The van der Waals surface area contributed by atoms with Crippen LogP contribution in [0, 0.1) is 18.7 Å². The number of nitrogens with zero attached hydrogens (tertiary/aromatic N) is 2. The fourth-order valence-electron chi connectivity index (χ4n) is 4.90. The zero-order valence-electron chi connectivity index (χ0n) is 21.4. The highest BCUT2D eigenvalue weighted by atomic mass is 19.1. The van der Waals surface area contributed by atoms with Gasteiger partial charge < -0.3 is 20.1 Å². The van der Waals surface area contributed by atoms with Gasteiger partial charge in [0.1, 0.15) is 29.2 Å². The Kier molecular flexibility index (Phi) is 6.72. The molecular formula is C30H31FN4O3. The topological polar surface area (TPSA) is 77.4 Å². The van der Waals surface area contributed by atoms with Gasteiger partial charge in [-0.3, -0.25) is 9.36 Å². The highest BCUT2D eigenvalue weighted by Crippen LogP contribution is 2.34. The summed E-state index contributed by atoms with van der Waals surface area (Å²) in [5, 5.41) is 6.64. The maximum atomic E-state index is 13.8. The first-order chi connectivity index (χ1) is 18.5. The zero-order chi connectivity index (χ0) is 26.1. The number of hydrogen-bond acceptors (Lipinski definition) is 5. The average Bonchev–Trinajstić information content (AvgIpc) is 3.63. The summed E-state index contributed by atoms with van der Waals surface area (Å²) >= 11 is 0. The van der Waals surface area contributed by atoms with Crippen LogP contribution in [0.2, 0.25) is 0 Å². The molecule has 7 nitrogen and oxygen atoms in total. The maximum absolute atomic E-state index is 13.8. The lowest BCUT2D eigenvalue weighted by molar-refractivity contribution is 0.0699. The quantitative estimate of drug-likeness (QED) is 0.302. The van der Waals surface area contributed by atoms with E-state index in [2.05, 4.69) is 10.6 Å². The lowest BCUT2D eigenvalue weighted by Gasteiger charge is -2.23. The summed E-state index contributed by atoms with van der Waals surface area (Å²) in [4.78, 5) is 17.4. The van der Waals surface area contributed by atoms with Crippen LogP contribution in [-0.4, -0.2) is 41.3 Å². The average molecular weight is 515 g/mol.